The Balaban J connectivity index is 2.28. The van der Waals surface area contributed by atoms with Crippen LogP contribution < -0.4 is 0 Å². The van der Waals surface area contributed by atoms with Crippen LogP contribution in [0.5, 0.6) is 5.75 Å². The summed E-state index contributed by atoms with van der Waals surface area (Å²) < 4.78 is 1.98. The van der Waals surface area contributed by atoms with E-state index in [4.69, 9.17) is 0 Å². The van der Waals surface area contributed by atoms with Gasteiger partial charge in [0.25, 0.3) is 0 Å². The predicted molar refractivity (Wildman–Crippen MR) is 73.7 cm³/mol. The van der Waals surface area contributed by atoms with Gasteiger partial charge >= 0.3 is 0 Å². The Morgan fingerprint density at radius 1 is 1.17 bits per heavy atom. The van der Waals surface area contributed by atoms with E-state index in [9.17, 15) is 5.11 Å². The highest BCUT2D eigenvalue weighted by Gasteiger charge is 2.07. The molecule has 3 nitrogen and oxygen atoms in total. The van der Waals surface area contributed by atoms with Crippen molar-refractivity contribution in [3.63, 3.8) is 0 Å². The van der Waals surface area contributed by atoms with Crippen LogP contribution in [0.15, 0.2) is 24.5 Å². The predicted octanol–water partition coefficient (Wildman–Crippen LogP) is 3.67. The lowest BCUT2D eigenvalue weighted by Crippen LogP contribution is -1.96. The van der Waals surface area contributed by atoms with Crippen molar-refractivity contribution in [1.29, 1.82) is 0 Å². The number of benzene rings is 1. The molecule has 0 bridgehead atoms. The summed E-state index contributed by atoms with van der Waals surface area (Å²) in [5, 5.41) is 14.1. The largest absolute Gasteiger partial charge is 0.507 e. The van der Waals surface area contributed by atoms with Gasteiger partial charge in [-0.2, -0.15) is 5.10 Å². The Morgan fingerprint density at radius 2 is 1.83 bits per heavy atom. The van der Waals surface area contributed by atoms with Gasteiger partial charge in [-0.25, -0.2) is 0 Å². The SMILES string of the molecule is CCCCn1cc(-c2cc(C)c(O)c(C)c2)cn1. The van der Waals surface area contributed by atoms with Crippen LogP contribution >= 0.6 is 0 Å². The van der Waals surface area contributed by atoms with Crippen LogP contribution in [-0.4, -0.2) is 14.9 Å². The van der Waals surface area contributed by atoms with E-state index in [0.29, 0.717) is 5.75 Å². The number of hydrogen-bond donors (Lipinski definition) is 1. The number of nitrogens with zero attached hydrogens (tertiary/aromatic N) is 2. The van der Waals surface area contributed by atoms with E-state index in [1.165, 1.54) is 6.42 Å². The minimum absolute atomic E-state index is 0.386. The fraction of sp³-hybridized carbons (Fsp3) is 0.400. The van der Waals surface area contributed by atoms with E-state index in [0.717, 1.165) is 35.2 Å². The van der Waals surface area contributed by atoms with E-state index in [2.05, 4.69) is 18.2 Å². The molecule has 1 N–H and O–H groups in total. The van der Waals surface area contributed by atoms with Crippen molar-refractivity contribution in [1.82, 2.24) is 9.78 Å². The standard InChI is InChI=1S/C15H20N2O/c1-4-5-6-17-10-14(9-16-17)13-7-11(2)15(18)12(3)8-13/h7-10,18H,4-6H2,1-3H3. The number of rotatable bonds is 4. The van der Waals surface area contributed by atoms with Gasteiger partial charge in [-0.15, -0.1) is 0 Å². The highest BCUT2D eigenvalue weighted by molar-refractivity contribution is 5.65. The number of phenols is 1. The molecule has 0 aliphatic rings. The molecule has 3 heteroatoms. The van der Waals surface area contributed by atoms with Crippen LogP contribution in [0.4, 0.5) is 0 Å². The molecule has 18 heavy (non-hydrogen) atoms. The van der Waals surface area contributed by atoms with Gasteiger partial charge in [0, 0.05) is 18.3 Å². The van der Waals surface area contributed by atoms with Crippen molar-refractivity contribution in [2.45, 2.75) is 40.2 Å². The average molecular weight is 244 g/mol. The summed E-state index contributed by atoms with van der Waals surface area (Å²) in [4.78, 5) is 0. The zero-order valence-corrected chi connectivity index (χ0v) is 11.3. The Morgan fingerprint density at radius 3 is 2.44 bits per heavy atom. The fourth-order valence-corrected chi connectivity index (χ4v) is 2.08. The first kappa shape index (κ1) is 12.7. The molecule has 0 unspecified atom stereocenters. The van der Waals surface area contributed by atoms with E-state index in [1.54, 1.807) is 0 Å². The molecule has 0 atom stereocenters. The lowest BCUT2D eigenvalue weighted by atomic mass is 10.0. The summed E-state index contributed by atoms with van der Waals surface area (Å²) >= 11 is 0. The van der Waals surface area contributed by atoms with Gasteiger partial charge < -0.3 is 5.11 Å². The van der Waals surface area contributed by atoms with Crippen molar-refractivity contribution in [3.05, 3.63) is 35.7 Å². The van der Waals surface area contributed by atoms with Gasteiger partial charge in [0.15, 0.2) is 0 Å². The van der Waals surface area contributed by atoms with Crippen LogP contribution in [0.2, 0.25) is 0 Å². The van der Waals surface area contributed by atoms with Crippen molar-refractivity contribution in [3.8, 4) is 16.9 Å². The molecule has 96 valence electrons. The third-order valence-electron chi connectivity index (χ3n) is 3.20. The van der Waals surface area contributed by atoms with Crippen LogP contribution in [0.25, 0.3) is 11.1 Å². The van der Waals surface area contributed by atoms with Gasteiger partial charge in [-0.3, -0.25) is 4.68 Å². The van der Waals surface area contributed by atoms with Gasteiger partial charge in [0.05, 0.1) is 6.20 Å². The Bertz CT molecular complexity index is 520. The maximum Gasteiger partial charge on any atom is 0.121 e. The molecule has 1 aromatic carbocycles. The molecule has 1 heterocycles. The molecule has 0 aliphatic heterocycles. The molecule has 0 saturated carbocycles. The maximum atomic E-state index is 9.78. The van der Waals surface area contributed by atoms with Crippen molar-refractivity contribution < 1.29 is 5.11 Å². The van der Waals surface area contributed by atoms with Crippen LogP contribution in [0.1, 0.15) is 30.9 Å². The number of aryl methyl sites for hydroxylation is 3. The Labute approximate surface area is 108 Å². The van der Waals surface area contributed by atoms with Crippen molar-refractivity contribution in [2.75, 3.05) is 0 Å². The number of phenolic OH excluding ortho intramolecular Hbond substituents is 1. The highest BCUT2D eigenvalue weighted by atomic mass is 16.3. The number of aromatic nitrogens is 2. The molecular formula is C15H20N2O. The summed E-state index contributed by atoms with van der Waals surface area (Å²) in [5.41, 5.74) is 4.04. The van der Waals surface area contributed by atoms with Crippen molar-refractivity contribution >= 4 is 0 Å². The minimum atomic E-state index is 0.386. The summed E-state index contributed by atoms with van der Waals surface area (Å²) in [6.07, 6.45) is 6.28. The smallest absolute Gasteiger partial charge is 0.121 e. The normalized spacial score (nSPS) is 10.8. The zero-order valence-electron chi connectivity index (χ0n) is 11.3. The summed E-state index contributed by atoms with van der Waals surface area (Å²) in [6.45, 7) is 6.99. The first-order valence-corrected chi connectivity index (χ1v) is 6.45. The van der Waals surface area contributed by atoms with Gasteiger partial charge in [0.1, 0.15) is 5.75 Å². The van der Waals surface area contributed by atoms with Gasteiger partial charge in [-0.1, -0.05) is 13.3 Å². The van der Waals surface area contributed by atoms with E-state index < -0.39 is 0 Å². The molecule has 0 amide bonds. The quantitative estimate of drug-likeness (QED) is 0.891. The minimum Gasteiger partial charge on any atom is -0.507 e. The average Bonchev–Trinajstić information content (AvgIpc) is 2.81. The highest BCUT2D eigenvalue weighted by Crippen LogP contribution is 2.28. The molecule has 0 spiro atoms. The van der Waals surface area contributed by atoms with Crippen LogP contribution in [0, 0.1) is 13.8 Å². The molecule has 0 aliphatic carbocycles. The fourth-order valence-electron chi connectivity index (χ4n) is 2.08. The molecule has 0 saturated heterocycles. The molecular weight excluding hydrogens is 224 g/mol. The van der Waals surface area contributed by atoms with E-state index >= 15 is 0 Å². The lowest BCUT2D eigenvalue weighted by molar-refractivity contribution is 0.467. The third-order valence-corrected chi connectivity index (χ3v) is 3.20. The van der Waals surface area contributed by atoms with Gasteiger partial charge in [0.2, 0.25) is 0 Å². The Hall–Kier alpha value is -1.77. The first-order chi connectivity index (χ1) is 8.61. The topological polar surface area (TPSA) is 38.0 Å². The molecule has 2 rings (SSSR count). The Kier molecular flexibility index (Phi) is 3.70. The zero-order chi connectivity index (χ0) is 13.1. The molecule has 0 radical (unpaired) electrons. The lowest BCUT2D eigenvalue weighted by Gasteiger charge is -2.06. The monoisotopic (exact) mass is 244 g/mol. The second-order valence-corrected chi connectivity index (χ2v) is 4.80. The van der Waals surface area contributed by atoms with E-state index in [-0.39, 0.29) is 0 Å². The van der Waals surface area contributed by atoms with Gasteiger partial charge in [-0.05, 0) is 49.1 Å². The van der Waals surface area contributed by atoms with Crippen molar-refractivity contribution in [2.24, 2.45) is 0 Å². The maximum absolute atomic E-state index is 9.78. The van der Waals surface area contributed by atoms with Crippen LogP contribution in [0.3, 0.4) is 0 Å². The second-order valence-electron chi connectivity index (χ2n) is 4.80. The molecule has 2 aromatic rings. The second kappa shape index (κ2) is 5.25. The number of unbranched alkanes of at least 4 members (excludes halogenated alkanes) is 1. The first-order valence-electron chi connectivity index (χ1n) is 6.45. The molecule has 1 aromatic heterocycles. The number of hydrogen-bond acceptors (Lipinski definition) is 2. The summed E-state index contributed by atoms with van der Waals surface area (Å²) in [6, 6.07) is 4.01. The molecule has 0 fully saturated rings. The van der Waals surface area contributed by atoms with E-state index in [1.807, 2.05) is 36.9 Å². The van der Waals surface area contributed by atoms with Crippen LogP contribution in [-0.2, 0) is 6.54 Å². The number of aromatic hydroxyl groups is 1. The third kappa shape index (κ3) is 2.55. The summed E-state index contributed by atoms with van der Waals surface area (Å²) in [5.74, 6) is 0.386. The summed E-state index contributed by atoms with van der Waals surface area (Å²) in [7, 11) is 0.